The van der Waals surface area contributed by atoms with Crippen LogP contribution in [-0.4, -0.2) is 62.0 Å². The molecule has 2 aliphatic heterocycles. The van der Waals surface area contributed by atoms with Crippen molar-refractivity contribution in [2.75, 3.05) is 40.3 Å². The molecular formula is C16H31N3O. The Labute approximate surface area is 123 Å². The molecule has 0 saturated carbocycles. The molecule has 0 aliphatic carbocycles. The molecule has 20 heavy (non-hydrogen) atoms. The lowest BCUT2D eigenvalue weighted by molar-refractivity contribution is -0.135. The summed E-state index contributed by atoms with van der Waals surface area (Å²) in [5.74, 6) is 1.85. The van der Waals surface area contributed by atoms with Crippen molar-refractivity contribution in [1.82, 2.24) is 15.1 Å². The van der Waals surface area contributed by atoms with Crippen LogP contribution in [0.3, 0.4) is 0 Å². The second-order valence-corrected chi connectivity index (χ2v) is 6.84. The molecule has 0 bridgehead atoms. The zero-order valence-corrected chi connectivity index (χ0v) is 13.4. The van der Waals surface area contributed by atoms with Gasteiger partial charge in [0.25, 0.3) is 0 Å². The maximum absolute atomic E-state index is 12.6. The Balaban J connectivity index is 1.79. The Hall–Kier alpha value is -0.610. The van der Waals surface area contributed by atoms with Crippen molar-refractivity contribution >= 4 is 5.91 Å². The van der Waals surface area contributed by atoms with Gasteiger partial charge in [-0.15, -0.1) is 0 Å². The van der Waals surface area contributed by atoms with Gasteiger partial charge < -0.3 is 15.1 Å². The first-order chi connectivity index (χ1) is 9.60. The highest BCUT2D eigenvalue weighted by molar-refractivity contribution is 5.82. The van der Waals surface area contributed by atoms with Crippen LogP contribution in [0.25, 0.3) is 0 Å². The zero-order valence-electron chi connectivity index (χ0n) is 13.4. The second-order valence-electron chi connectivity index (χ2n) is 6.84. The van der Waals surface area contributed by atoms with Gasteiger partial charge >= 0.3 is 0 Å². The van der Waals surface area contributed by atoms with E-state index in [4.69, 9.17) is 0 Å². The fourth-order valence-electron chi connectivity index (χ4n) is 3.63. The van der Waals surface area contributed by atoms with E-state index in [0.29, 0.717) is 5.91 Å². The Kier molecular flexibility index (Phi) is 5.85. The van der Waals surface area contributed by atoms with Crippen LogP contribution in [0.1, 0.15) is 39.0 Å². The fraction of sp³-hybridized carbons (Fsp3) is 0.938. The summed E-state index contributed by atoms with van der Waals surface area (Å²) in [4.78, 5) is 17.0. The number of nitrogens with zero attached hydrogens (tertiary/aromatic N) is 2. The molecule has 2 rings (SSSR count). The van der Waals surface area contributed by atoms with E-state index in [1.165, 1.54) is 12.8 Å². The molecule has 2 heterocycles. The van der Waals surface area contributed by atoms with Crippen LogP contribution >= 0.6 is 0 Å². The Morgan fingerprint density at radius 3 is 2.50 bits per heavy atom. The Morgan fingerprint density at radius 2 is 1.90 bits per heavy atom. The predicted octanol–water partition coefficient (Wildman–Crippen LogP) is 1.56. The highest BCUT2D eigenvalue weighted by atomic mass is 16.2. The predicted molar refractivity (Wildman–Crippen MR) is 82.7 cm³/mol. The standard InChI is InChI=1S/C16H31N3O/c1-4-13-5-8-17-15(11-13)16(20)19-9-6-14(7-10-19)12-18(2)3/h13-15,17H,4-12H2,1-3H3. The Bertz CT molecular complexity index is 311. The van der Waals surface area contributed by atoms with Gasteiger partial charge in [-0.1, -0.05) is 13.3 Å². The van der Waals surface area contributed by atoms with Gasteiger partial charge in [0, 0.05) is 19.6 Å². The van der Waals surface area contributed by atoms with Crippen molar-refractivity contribution in [3.8, 4) is 0 Å². The lowest BCUT2D eigenvalue weighted by Gasteiger charge is -2.37. The molecule has 0 aromatic heterocycles. The summed E-state index contributed by atoms with van der Waals surface area (Å²) in [6.07, 6.45) is 5.79. The van der Waals surface area contributed by atoms with Crippen LogP contribution in [-0.2, 0) is 4.79 Å². The number of amides is 1. The van der Waals surface area contributed by atoms with E-state index in [1.807, 2.05) is 0 Å². The number of carbonyl (C=O) groups is 1. The van der Waals surface area contributed by atoms with Gasteiger partial charge in [-0.05, 0) is 58.2 Å². The quantitative estimate of drug-likeness (QED) is 0.849. The largest absolute Gasteiger partial charge is 0.341 e. The van der Waals surface area contributed by atoms with Crippen molar-refractivity contribution in [2.45, 2.75) is 45.1 Å². The van der Waals surface area contributed by atoms with Crippen molar-refractivity contribution < 1.29 is 4.79 Å². The van der Waals surface area contributed by atoms with Crippen LogP contribution in [0.15, 0.2) is 0 Å². The highest BCUT2D eigenvalue weighted by Gasteiger charge is 2.31. The van der Waals surface area contributed by atoms with Crippen LogP contribution in [0, 0.1) is 11.8 Å². The number of likely N-dealkylation sites (tertiary alicyclic amines) is 1. The molecule has 4 nitrogen and oxygen atoms in total. The fourth-order valence-corrected chi connectivity index (χ4v) is 3.63. The molecule has 2 unspecified atom stereocenters. The number of nitrogens with one attached hydrogen (secondary N) is 1. The normalized spacial score (nSPS) is 28.9. The summed E-state index contributed by atoms with van der Waals surface area (Å²) >= 11 is 0. The minimum atomic E-state index is 0.0825. The number of carbonyl (C=O) groups excluding carboxylic acids is 1. The third-order valence-electron chi connectivity index (χ3n) is 4.94. The molecule has 0 aromatic carbocycles. The molecule has 2 atom stereocenters. The lowest BCUT2D eigenvalue weighted by atomic mass is 9.89. The molecule has 0 aromatic rings. The molecule has 1 N–H and O–H groups in total. The maximum atomic E-state index is 12.6. The van der Waals surface area contributed by atoms with E-state index in [0.717, 1.165) is 57.3 Å². The minimum Gasteiger partial charge on any atom is -0.341 e. The highest BCUT2D eigenvalue weighted by Crippen LogP contribution is 2.23. The summed E-state index contributed by atoms with van der Waals surface area (Å²) in [6.45, 7) is 6.30. The van der Waals surface area contributed by atoms with Crippen molar-refractivity contribution in [3.05, 3.63) is 0 Å². The van der Waals surface area contributed by atoms with Gasteiger partial charge in [-0.2, -0.15) is 0 Å². The van der Waals surface area contributed by atoms with Gasteiger partial charge in [0.15, 0.2) is 0 Å². The van der Waals surface area contributed by atoms with Crippen LogP contribution in [0.5, 0.6) is 0 Å². The van der Waals surface area contributed by atoms with Crippen molar-refractivity contribution in [3.63, 3.8) is 0 Å². The molecule has 116 valence electrons. The second kappa shape index (κ2) is 7.41. The summed E-state index contributed by atoms with van der Waals surface area (Å²) < 4.78 is 0. The SMILES string of the molecule is CCC1CCNC(C(=O)N2CCC(CN(C)C)CC2)C1. The smallest absolute Gasteiger partial charge is 0.239 e. The molecule has 0 spiro atoms. The van der Waals surface area contributed by atoms with E-state index >= 15 is 0 Å². The summed E-state index contributed by atoms with van der Waals surface area (Å²) in [5, 5.41) is 3.42. The molecule has 4 heteroatoms. The third-order valence-corrected chi connectivity index (χ3v) is 4.94. The van der Waals surface area contributed by atoms with E-state index in [9.17, 15) is 4.79 Å². The van der Waals surface area contributed by atoms with Gasteiger partial charge in [0.05, 0.1) is 6.04 Å². The summed E-state index contributed by atoms with van der Waals surface area (Å²) in [7, 11) is 4.27. The molecule has 2 fully saturated rings. The average molecular weight is 281 g/mol. The number of rotatable bonds is 4. The summed E-state index contributed by atoms with van der Waals surface area (Å²) in [6, 6.07) is 0.0825. The lowest BCUT2D eigenvalue weighted by Crippen LogP contribution is -2.52. The van der Waals surface area contributed by atoms with Gasteiger partial charge in [-0.3, -0.25) is 4.79 Å². The van der Waals surface area contributed by atoms with E-state index < -0.39 is 0 Å². The first-order valence-corrected chi connectivity index (χ1v) is 8.27. The molecule has 0 radical (unpaired) electrons. The molecule has 2 aliphatic rings. The van der Waals surface area contributed by atoms with Crippen molar-refractivity contribution in [1.29, 1.82) is 0 Å². The first-order valence-electron chi connectivity index (χ1n) is 8.27. The number of hydrogen-bond acceptors (Lipinski definition) is 3. The zero-order chi connectivity index (χ0) is 14.5. The monoisotopic (exact) mass is 281 g/mol. The minimum absolute atomic E-state index is 0.0825. The first kappa shape index (κ1) is 15.8. The van der Waals surface area contributed by atoms with Gasteiger partial charge in [0.2, 0.25) is 5.91 Å². The van der Waals surface area contributed by atoms with Gasteiger partial charge in [0.1, 0.15) is 0 Å². The maximum Gasteiger partial charge on any atom is 0.239 e. The number of hydrogen-bond donors (Lipinski definition) is 1. The van der Waals surface area contributed by atoms with Crippen LogP contribution in [0.2, 0.25) is 0 Å². The topological polar surface area (TPSA) is 35.6 Å². The molecule has 1 amide bonds. The molecular weight excluding hydrogens is 250 g/mol. The summed E-state index contributed by atoms with van der Waals surface area (Å²) in [5.41, 5.74) is 0. The Morgan fingerprint density at radius 1 is 1.20 bits per heavy atom. The van der Waals surface area contributed by atoms with E-state index in [2.05, 4.69) is 36.1 Å². The average Bonchev–Trinajstić information content (AvgIpc) is 2.47. The number of piperidine rings is 2. The van der Waals surface area contributed by atoms with E-state index in [1.54, 1.807) is 0 Å². The van der Waals surface area contributed by atoms with Crippen molar-refractivity contribution in [2.24, 2.45) is 11.8 Å². The molecule has 2 saturated heterocycles. The van der Waals surface area contributed by atoms with Crippen LogP contribution < -0.4 is 5.32 Å². The van der Waals surface area contributed by atoms with Gasteiger partial charge in [-0.25, -0.2) is 0 Å². The van der Waals surface area contributed by atoms with Crippen LogP contribution in [0.4, 0.5) is 0 Å². The van der Waals surface area contributed by atoms with E-state index in [-0.39, 0.29) is 6.04 Å². The third kappa shape index (κ3) is 4.19.